The first-order chi connectivity index (χ1) is 25.9. The molecule has 0 unspecified atom stereocenters. The Kier molecular flexibility index (Phi) is 17.9. The lowest BCUT2D eigenvalue weighted by atomic mass is 10.2. The Balaban J connectivity index is 0.000000243. The number of nitrogens with two attached hydrogens (primary N) is 4. The first-order valence-corrected chi connectivity index (χ1v) is 17.7. The van der Waals surface area contributed by atoms with Crippen LogP contribution in [-0.4, -0.2) is 23.5 Å². The number of benzene rings is 5. The highest BCUT2D eigenvalue weighted by Crippen LogP contribution is 2.15. The summed E-state index contributed by atoms with van der Waals surface area (Å²) >= 11 is 0. The number of amidine groups is 1. The third-order valence-corrected chi connectivity index (χ3v) is 7.33. The molecule has 0 bridgehead atoms. The maximum Gasteiger partial charge on any atom is 0.413 e. The largest absolute Gasteiger partial charge is 0.444 e. The van der Waals surface area contributed by atoms with Crippen LogP contribution in [0.25, 0.3) is 0 Å². The van der Waals surface area contributed by atoms with Gasteiger partial charge in [-0.2, -0.15) is 0 Å². The molecule has 0 spiro atoms. The SMILES string of the molecule is CC(=Nc1ccc(CNCc2ccccc2)cc1)NC(=O)OC(C)(C)C.NC(N)=Nc1ccc(CNCc2ccccc2)cc1.NCc1ccc(N)cc1. The highest BCUT2D eigenvalue weighted by atomic mass is 16.6. The number of nitrogen functional groups attached to an aromatic ring is 1. The van der Waals surface area contributed by atoms with Crippen molar-refractivity contribution in [2.24, 2.45) is 27.2 Å². The second-order valence-electron chi connectivity index (χ2n) is 13.3. The van der Waals surface area contributed by atoms with Crippen LogP contribution in [0.5, 0.6) is 0 Å². The Labute approximate surface area is 319 Å². The molecule has 11 N–H and O–H groups in total. The van der Waals surface area contributed by atoms with Crippen LogP contribution >= 0.6 is 0 Å². The molecule has 0 radical (unpaired) electrons. The summed E-state index contributed by atoms with van der Waals surface area (Å²) in [4.78, 5) is 20.1. The van der Waals surface area contributed by atoms with Gasteiger partial charge in [-0.15, -0.1) is 0 Å². The molecule has 0 saturated carbocycles. The molecule has 0 aliphatic carbocycles. The van der Waals surface area contributed by atoms with E-state index in [9.17, 15) is 4.79 Å². The topological polar surface area (TPSA) is 191 Å². The minimum absolute atomic E-state index is 0.0787. The molecule has 0 heterocycles. The lowest BCUT2D eigenvalue weighted by Crippen LogP contribution is -2.35. The fourth-order valence-electron chi connectivity index (χ4n) is 4.75. The van der Waals surface area contributed by atoms with Gasteiger partial charge in [-0.1, -0.05) is 97.1 Å². The van der Waals surface area contributed by atoms with Crippen LogP contribution in [0.1, 0.15) is 55.5 Å². The Morgan fingerprint density at radius 2 is 0.981 bits per heavy atom. The molecule has 54 heavy (non-hydrogen) atoms. The maximum atomic E-state index is 11.7. The Morgan fingerprint density at radius 1 is 0.593 bits per heavy atom. The third kappa shape index (κ3) is 18.5. The van der Waals surface area contributed by atoms with E-state index in [1.54, 1.807) is 6.92 Å². The highest BCUT2D eigenvalue weighted by molar-refractivity contribution is 5.95. The van der Waals surface area contributed by atoms with Crippen LogP contribution in [0.4, 0.5) is 21.9 Å². The van der Waals surface area contributed by atoms with E-state index in [1.165, 1.54) is 22.3 Å². The van der Waals surface area contributed by atoms with Crippen LogP contribution in [0.2, 0.25) is 0 Å². The van der Waals surface area contributed by atoms with Gasteiger partial charge in [0.05, 0.1) is 11.4 Å². The zero-order chi connectivity index (χ0) is 39.2. The molecule has 11 nitrogen and oxygen atoms in total. The summed E-state index contributed by atoms with van der Waals surface area (Å²) in [7, 11) is 0. The number of carbonyl (C=O) groups is 1. The summed E-state index contributed by atoms with van der Waals surface area (Å²) in [5.41, 5.74) is 29.3. The average Bonchev–Trinajstić information content (AvgIpc) is 3.14. The lowest BCUT2D eigenvalue weighted by molar-refractivity contribution is 0.0563. The Morgan fingerprint density at radius 3 is 1.37 bits per heavy atom. The van der Waals surface area contributed by atoms with Crippen molar-refractivity contribution in [2.45, 2.75) is 66.0 Å². The number of nitrogens with zero attached hydrogens (tertiary/aromatic N) is 2. The normalized spacial score (nSPS) is 10.9. The zero-order valence-corrected chi connectivity index (χ0v) is 31.8. The van der Waals surface area contributed by atoms with Gasteiger partial charge < -0.3 is 38.3 Å². The minimum Gasteiger partial charge on any atom is -0.444 e. The average molecular weight is 730 g/mol. The molecule has 5 aromatic rings. The van der Waals surface area contributed by atoms with Crippen LogP contribution in [0.15, 0.2) is 143 Å². The van der Waals surface area contributed by atoms with Gasteiger partial charge in [0.1, 0.15) is 11.4 Å². The second-order valence-corrected chi connectivity index (χ2v) is 13.3. The summed E-state index contributed by atoms with van der Waals surface area (Å²) in [5.74, 6) is 0.573. The van der Waals surface area contributed by atoms with Gasteiger partial charge in [-0.25, -0.2) is 14.8 Å². The van der Waals surface area contributed by atoms with Crippen LogP contribution in [-0.2, 0) is 37.5 Å². The number of rotatable bonds is 11. The zero-order valence-electron chi connectivity index (χ0n) is 31.8. The van der Waals surface area contributed by atoms with Crippen LogP contribution < -0.4 is 38.9 Å². The van der Waals surface area contributed by atoms with E-state index in [2.05, 4.69) is 50.2 Å². The first-order valence-electron chi connectivity index (χ1n) is 17.7. The molecule has 11 heteroatoms. The number of carbonyl (C=O) groups excluding carboxylic acids is 1. The number of aliphatic imine (C=N–C) groups is 2. The van der Waals surface area contributed by atoms with Crippen molar-refractivity contribution in [1.29, 1.82) is 0 Å². The quantitative estimate of drug-likeness (QED) is 0.0423. The molecule has 5 rings (SSSR count). The van der Waals surface area contributed by atoms with Gasteiger partial charge in [-0.05, 0) is 91.9 Å². The fraction of sp³-hybridized carbons (Fsp3) is 0.233. The predicted molar refractivity (Wildman–Crippen MR) is 223 cm³/mol. The van der Waals surface area contributed by atoms with Crippen molar-refractivity contribution in [1.82, 2.24) is 16.0 Å². The molecule has 0 aliphatic rings. The molecule has 0 fully saturated rings. The van der Waals surface area contributed by atoms with Gasteiger partial charge >= 0.3 is 6.09 Å². The molecule has 0 aromatic heterocycles. The van der Waals surface area contributed by atoms with Gasteiger partial charge in [0.2, 0.25) is 0 Å². The van der Waals surface area contributed by atoms with Gasteiger partial charge in [0, 0.05) is 38.4 Å². The molecule has 284 valence electrons. The number of hydrogen-bond donors (Lipinski definition) is 7. The van der Waals surface area contributed by atoms with E-state index >= 15 is 0 Å². The van der Waals surface area contributed by atoms with Gasteiger partial charge in [0.25, 0.3) is 0 Å². The molecule has 1 amide bonds. The van der Waals surface area contributed by atoms with Crippen molar-refractivity contribution in [2.75, 3.05) is 5.73 Å². The van der Waals surface area contributed by atoms with E-state index in [1.807, 2.05) is 130 Å². The van der Waals surface area contributed by atoms with E-state index in [4.69, 9.17) is 27.7 Å². The summed E-state index contributed by atoms with van der Waals surface area (Å²) in [6.45, 7) is 11.1. The number of guanidine groups is 1. The monoisotopic (exact) mass is 729 g/mol. The fourth-order valence-corrected chi connectivity index (χ4v) is 4.75. The molecular formula is C43H55N9O2. The summed E-state index contributed by atoms with van der Waals surface area (Å²) in [6, 6.07) is 43.9. The van der Waals surface area contributed by atoms with E-state index in [-0.39, 0.29) is 5.96 Å². The summed E-state index contributed by atoms with van der Waals surface area (Å²) in [6.07, 6.45) is -0.500. The van der Waals surface area contributed by atoms with Crippen molar-refractivity contribution in [3.05, 3.63) is 161 Å². The Hall–Kier alpha value is -6.01. The number of alkyl carbamates (subject to hydrolysis) is 1. The van der Waals surface area contributed by atoms with Crippen molar-refractivity contribution < 1.29 is 9.53 Å². The second kappa shape index (κ2) is 22.8. The van der Waals surface area contributed by atoms with E-state index in [0.29, 0.717) is 12.4 Å². The minimum atomic E-state index is -0.529. The van der Waals surface area contributed by atoms with Crippen molar-refractivity contribution >= 4 is 35.0 Å². The molecular weight excluding hydrogens is 675 g/mol. The van der Waals surface area contributed by atoms with Gasteiger partial charge in [-0.3, -0.25) is 5.32 Å². The smallest absolute Gasteiger partial charge is 0.413 e. The maximum absolute atomic E-state index is 11.7. The van der Waals surface area contributed by atoms with E-state index < -0.39 is 11.7 Å². The van der Waals surface area contributed by atoms with Crippen molar-refractivity contribution in [3.63, 3.8) is 0 Å². The first kappa shape index (κ1) is 42.4. The molecule has 0 atom stereocenters. The van der Waals surface area contributed by atoms with Gasteiger partial charge in [0.15, 0.2) is 5.96 Å². The molecule has 5 aromatic carbocycles. The number of hydrogen-bond acceptors (Lipinski definition) is 8. The van der Waals surface area contributed by atoms with Crippen LogP contribution in [0.3, 0.4) is 0 Å². The Bertz CT molecular complexity index is 1850. The number of anilines is 1. The standard InChI is InChI=1S/C21H27N3O2.C15H18N4.C7H10N2/c1-16(24-20(25)26-21(2,3)4)23-19-12-10-18(11-13-19)15-22-14-17-8-6-5-7-9-17;16-15(17)19-14-8-6-13(7-9-14)11-18-10-12-4-2-1-3-5-12;8-5-6-1-3-7(9)4-2-6/h5-13,22H,14-15H2,1-4H3,(H,23,24,25);1-9,18H,10-11H2,(H4,16,17,19);1-4H,5,8-9H2. The number of nitrogens with one attached hydrogen (secondary N) is 3. The lowest BCUT2D eigenvalue weighted by Gasteiger charge is -2.19. The number of amides is 1. The number of ether oxygens (including phenoxy) is 1. The summed E-state index contributed by atoms with van der Waals surface area (Å²) in [5, 5.41) is 9.44. The predicted octanol–water partition coefficient (Wildman–Crippen LogP) is 7.16. The molecule has 0 aliphatic heterocycles. The van der Waals surface area contributed by atoms with E-state index in [0.717, 1.165) is 48.8 Å². The molecule has 0 saturated heterocycles. The highest BCUT2D eigenvalue weighted by Gasteiger charge is 2.16. The van der Waals surface area contributed by atoms with Crippen LogP contribution in [0, 0.1) is 0 Å². The summed E-state index contributed by atoms with van der Waals surface area (Å²) < 4.78 is 5.21. The third-order valence-electron chi connectivity index (χ3n) is 7.33. The van der Waals surface area contributed by atoms with Crippen molar-refractivity contribution in [3.8, 4) is 0 Å².